The molecule has 3 rings (SSSR count). The Balaban J connectivity index is 1.56. The number of benzene rings is 1. The van der Waals surface area contributed by atoms with Crippen LogP contribution in [0.2, 0.25) is 0 Å². The summed E-state index contributed by atoms with van der Waals surface area (Å²) < 4.78 is 19.8. The molecule has 0 aliphatic carbocycles. The monoisotopic (exact) mass is 341 g/mol. The second-order valence-corrected chi connectivity index (χ2v) is 5.25. The summed E-state index contributed by atoms with van der Waals surface area (Å²) in [6.45, 7) is 1.84. The number of amides is 1. The van der Waals surface area contributed by atoms with E-state index in [4.69, 9.17) is 4.74 Å². The van der Waals surface area contributed by atoms with Crippen LogP contribution in [0.4, 0.5) is 4.39 Å². The van der Waals surface area contributed by atoms with Crippen molar-refractivity contribution in [3.8, 4) is 11.7 Å². The van der Waals surface area contributed by atoms with Crippen LogP contribution in [0.5, 0.6) is 5.88 Å². The highest BCUT2D eigenvalue weighted by atomic mass is 19.1. The van der Waals surface area contributed by atoms with Crippen molar-refractivity contribution >= 4 is 5.91 Å². The van der Waals surface area contributed by atoms with E-state index in [0.29, 0.717) is 18.2 Å². The van der Waals surface area contributed by atoms with Crippen molar-refractivity contribution in [2.24, 2.45) is 0 Å². The van der Waals surface area contributed by atoms with Crippen LogP contribution < -0.4 is 10.1 Å². The predicted molar refractivity (Wildman–Crippen MR) is 87.6 cm³/mol. The molecule has 0 aliphatic heterocycles. The number of carbonyl (C=O) groups excluding carboxylic acids is 1. The normalized spacial score (nSPS) is 10.5. The maximum Gasteiger partial charge on any atom is 0.258 e. The highest BCUT2D eigenvalue weighted by molar-refractivity contribution is 5.77. The van der Waals surface area contributed by atoms with E-state index >= 15 is 0 Å². The van der Waals surface area contributed by atoms with Gasteiger partial charge in [0.25, 0.3) is 5.91 Å². The molecule has 0 unspecified atom stereocenters. The van der Waals surface area contributed by atoms with E-state index in [0.717, 1.165) is 5.56 Å². The molecule has 0 fully saturated rings. The lowest BCUT2D eigenvalue weighted by atomic mass is 10.2. The summed E-state index contributed by atoms with van der Waals surface area (Å²) in [6.07, 6.45) is 3.39. The molecular weight excluding hydrogens is 325 g/mol. The third kappa shape index (κ3) is 4.60. The highest BCUT2D eigenvalue weighted by Gasteiger charge is 2.08. The molecule has 0 saturated heterocycles. The SMILES string of the molecule is Cc1nc(OCC(=O)NCc2ccc(F)cc2)cc(-n2cccn2)n1. The van der Waals surface area contributed by atoms with Crippen LogP contribution in [-0.4, -0.2) is 32.3 Å². The summed E-state index contributed by atoms with van der Waals surface area (Å²) in [5.74, 6) is 0.732. The smallest absolute Gasteiger partial charge is 0.258 e. The largest absolute Gasteiger partial charge is 0.467 e. The van der Waals surface area contributed by atoms with Crippen LogP contribution in [0, 0.1) is 12.7 Å². The van der Waals surface area contributed by atoms with E-state index in [9.17, 15) is 9.18 Å². The molecule has 0 bridgehead atoms. The molecule has 0 spiro atoms. The number of carbonyl (C=O) groups is 1. The molecule has 0 radical (unpaired) electrons. The fourth-order valence-electron chi connectivity index (χ4n) is 2.11. The molecule has 2 aromatic heterocycles. The lowest BCUT2D eigenvalue weighted by Gasteiger charge is -2.09. The van der Waals surface area contributed by atoms with Gasteiger partial charge >= 0.3 is 0 Å². The van der Waals surface area contributed by atoms with Gasteiger partial charge in [-0.1, -0.05) is 12.1 Å². The number of hydrogen-bond donors (Lipinski definition) is 1. The minimum absolute atomic E-state index is 0.184. The summed E-state index contributed by atoms with van der Waals surface area (Å²) in [5, 5.41) is 6.80. The summed E-state index contributed by atoms with van der Waals surface area (Å²) >= 11 is 0. The van der Waals surface area contributed by atoms with Crippen molar-refractivity contribution in [3.63, 3.8) is 0 Å². The molecule has 128 valence electrons. The molecule has 7 nitrogen and oxygen atoms in total. The van der Waals surface area contributed by atoms with Crippen LogP contribution >= 0.6 is 0 Å². The van der Waals surface area contributed by atoms with Gasteiger partial charge in [-0.3, -0.25) is 4.79 Å². The van der Waals surface area contributed by atoms with Gasteiger partial charge in [0, 0.05) is 25.0 Å². The van der Waals surface area contributed by atoms with Crippen molar-refractivity contribution in [2.45, 2.75) is 13.5 Å². The number of aryl methyl sites for hydroxylation is 1. The molecule has 0 saturated carbocycles. The van der Waals surface area contributed by atoms with Crippen molar-refractivity contribution in [3.05, 3.63) is 66.0 Å². The van der Waals surface area contributed by atoms with Crippen LogP contribution in [0.15, 0.2) is 48.8 Å². The van der Waals surface area contributed by atoms with E-state index in [1.807, 2.05) is 0 Å². The average Bonchev–Trinajstić information content (AvgIpc) is 3.14. The fourth-order valence-corrected chi connectivity index (χ4v) is 2.11. The van der Waals surface area contributed by atoms with Crippen molar-refractivity contribution in [1.82, 2.24) is 25.1 Å². The van der Waals surface area contributed by atoms with Crippen molar-refractivity contribution in [1.29, 1.82) is 0 Å². The Labute approximate surface area is 143 Å². The first-order chi connectivity index (χ1) is 12.1. The van der Waals surface area contributed by atoms with Crippen LogP contribution in [0.3, 0.4) is 0 Å². The van der Waals surface area contributed by atoms with Crippen molar-refractivity contribution in [2.75, 3.05) is 6.61 Å². The summed E-state index contributed by atoms with van der Waals surface area (Å²) in [5.41, 5.74) is 0.800. The second kappa shape index (κ2) is 7.52. The Morgan fingerprint density at radius 1 is 1.28 bits per heavy atom. The topological polar surface area (TPSA) is 81.9 Å². The van der Waals surface area contributed by atoms with Gasteiger partial charge in [0.2, 0.25) is 5.88 Å². The Bertz CT molecular complexity index is 850. The van der Waals surface area contributed by atoms with Gasteiger partial charge in [-0.2, -0.15) is 10.1 Å². The average molecular weight is 341 g/mol. The number of rotatable bonds is 6. The molecule has 0 atom stereocenters. The molecule has 0 aliphatic rings. The molecule has 1 aromatic carbocycles. The summed E-state index contributed by atoms with van der Waals surface area (Å²) in [6, 6.07) is 9.30. The number of ether oxygens (including phenoxy) is 1. The van der Waals surface area contributed by atoms with Gasteiger partial charge < -0.3 is 10.1 Å². The summed E-state index contributed by atoms with van der Waals surface area (Å²) in [4.78, 5) is 20.3. The lowest BCUT2D eigenvalue weighted by Crippen LogP contribution is -2.28. The third-order valence-electron chi connectivity index (χ3n) is 3.29. The van der Waals surface area contributed by atoms with E-state index in [1.165, 1.54) is 12.1 Å². The van der Waals surface area contributed by atoms with Crippen LogP contribution in [0.1, 0.15) is 11.4 Å². The van der Waals surface area contributed by atoms with E-state index in [2.05, 4.69) is 20.4 Å². The fraction of sp³-hybridized carbons (Fsp3) is 0.176. The van der Waals surface area contributed by atoms with Gasteiger partial charge in [-0.15, -0.1) is 0 Å². The first-order valence-electron chi connectivity index (χ1n) is 7.60. The molecule has 2 heterocycles. The van der Waals surface area contributed by atoms with E-state index in [1.54, 1.807) is 48.3 Å². The van der Waals surface area contributed by atoms with Gasteiger partial charge in [0.05, 0.1) is 0 Å². The van der Waals surface area contributed by atoms with Gasteiger partial charge in [-0.25, -0.2) is 14.1 Å². The minimum Gasteiger partial charge on any atom is -0.467 e. The Hall–Kier alpha value is -3.29. The Morgan fingerprint density at radius 3 is 2.80 bits per heavy atom. The molecule has 1 N–H and O–H groups in total. The highest BCUT2D eigenvalue weighted by Crippen LogP contribution is 2.12. The predicted octanol–water partition coefficient (Wildman–Crippen LogP) is 1.81. The first-order valence-corrected chi connectivity index (χ1v) is 7.60. The molecule has 25 heavy (non-hydrogen) atoms. The van der Waals surface area contributed by atoms with Crippen LogP contribution in [-0.2, 0) is 11.3 Å². The molecule has 8 heteroatoms. The first kappa shape index (κ1) is 16.6. The maximum atomic E-state index is 12.8. The van der Waals surface area contributed by atoms with E-state index < -0.39 is 0 Å². The second-order valence-electron chi connectivity index (χ2n) is 5.25. The molecular formula is C17H16FN5O2. The summed E-state index contributed by atoms with van der Waals surface area (Å²) in [7, 11) is 0. The molecule has 1 amide bonds. The van der Waals surface area contributed by atoms with Crippen LogP contribution in [0.25, 0.3) is 5.82 Å². The number of halogens is 1. The maximum absolute atomic E-state index is 12.8. The lowest BCUT2D eigenvalue weighted by molar-refractivity contribution is -0.123. The number of nitrogens with one attached hydrogen (secondary N) is 1. The van der Waals surface area contributed by atoms with Gasteiger partial charge in [0.1, 0.15) is 11.6 Å². The molecule has 3 aromatic rings. The van der Waals surface area contributed by atoms with Crippen molar-refractivity contribution < 1.29 is 13.9 Å². The van der Waals surface area contributed by atoms with Gasteiger partial charge in [-0.05, 0) is 30.7 Å². The number of aromatic nitrogens is 4. The standard InChI is InChI=1S/C17H16FN5O2/c1-12-21-15(23-8-2-7-20-23)9-17(22-12)25-11-16(24)19-10-13-3-5-14(18)6-4-13/h2-9H,10-11H2,1H3,(H,19,24). The van der Waals surface area contributed by atoms with E-state index in [-0.39, 0.29) is 24.2 Å². The Kier molecular flexibility index (Phi) is 4.98. The zero-order chi connectivity index (χ0) is 17.6. The minimum atomic E-state index is -0.314. The number of nitrogens with zero attached hydrogens (tertiary/aromatic N) is 4. The van der Waals surface area contributed by atoms with Gasteiger partial charge in [0.15, 0.2) is 12.4 Å². The Morgan fingerprint density at radius 2 is 2.08 bits per heavy atom. The quantitative estimate of drug-likeness (QED) is 0.739. The zero-order valence-electron chi connectivity index (χ0n) is 13.5. The zero-order valence-corrected chi connectivity index (χ0v) is 13.5. The number of hydrogen-bond acceptors (Lipinski definition) is 5. The third-order valence-corrected chi connectivity index (χ3v) is 3.29.